The number of ether oxygens (including phenoxy) is 1. The minimum absolute atomic E-state index is 0.128. The van der Waals surface area contributed by atoms with Crippen molar-refractivity contribution >= 4 is 22.8 Å². The van der Waals surface area contributed by atoms with E-state index in [-0.39, 0.29) is 13.2 Å². The maximum Gasteiger partial charge on any atom is 0.323 e. The monoisotopic (exact) mass is 531 g/mol. The van der Waals surface area contributed by atoms with Crippen LogP contribution in [0.5, 0.6) is 5.75 Å². The van der Waals surface area contributed by atoms with E-state index in [1.54, 1.807) is 4.31 Å². The molecule has 0 radical (unpaired) electrons. The largest absolute Gasteiger partial charge is 0.487 e. The summed E-state index contributed by atoms with van der Waals surface area (Å²) in [6.07, 6.45) is 1.79. The number of oxazole rings is 1. The van der Waals surface area contributed by atoms with E-state index in [0.29, 0.717) is 29.6 Å². The number of anilines is 1. The number of para-hydroxylation sites is 1. The van der Waals surface area contributed by atoms with Crippen LogP contribution in [0.2, 0.25) is 0 Å². The van der Waals surface area contributed by atoms with Crippen LogP contribution in [0.4, 0.5) is 5.69 Å². The Kier molecular flexibility index (Phi) is 7.86. The van der Waals surface area contributed by atoms with Crippen molar-refractivity contribution in [3.63, 3.8) is 0 Å². The molecule has 2 heterocycles. The molecule has 0 aliphatic carbocycles. The van der Waals surface area contributed by atoms with Crippen LogP contribution in [0.25, 0.3) is 11.5 Å². The van der Waals surface area contributed by atoms with E-state index in [1.807, 2.05) is 85.8 Å². The summed E-state index contributed by atoms with van der Waals surface area (Å²) in [5.74, 6) is 1.32. The minimum Gasteiger partial charge on any atom is -0.487 e. The summed E-state index contributed by atoms with van der Waals surface area (Å²) in [6.45, 7) is 4.13. The van der Waals surface area contributed by atoms with Gasteiger partial charge in [0.05, 0.1) is 12.2 Å². The van der Waals surface area contributed by atoms with Gasteiger partial charge in [0.1, 0.15) is 23.8 Å². The molecule has 1 aromatic heterocycles. The fourth-order valence-corrected chi connectivity index (χ4v) is 5.61. The summed E-state index contributed by atoms with van der Waals surface area (Å²) in [4.78, 5) is 21.9. The van der Waals surface area contributed by atoms with Crippen molar-refractivity contribution in [1.29, 1.82) is 0 Å². The lowest BCUT2D eigenvalue weighted by molar-refractivity contribution is -0.167. The smallest absolute Gasteiger partial charge is 0.323 e. The Labute approximate surface area is 224 Å². The summed E-state index contributed by atoms with van der Waals surface area (Å²) in [6, 6.07) is 25.0. The molecule has 4 aromatic rings. The molecule has 0 fully saturated rings. The fraction of sp³-hybridized carbons (Fsp3) is 0.241. The van der Waals surface area contributed by atoms with E-state index in [1.165, 1.54) is 11.4 Å². The number of carbonyl (C=O) groups is 1. The first-order chi connectivity index (χ1) is 18.5. The number of fused-ring (bicyclic) bond motifs is 1. The Morgan fingerprint density at radius 2 is 1.87 bits per heavy atom. The van der Waals surface area contributed by atoms with Gasteiger partial charge in [-0.05, 0) is 65.7 Å². The van der Waals surface area contributed by atoms with Crippen molar-refractivity contribution in [3.05, 3.63) is 101 Å². The second-order valence-corrected chi connectivity index (χ2v) is 10.3. The first-order valence-corrected chi connectivity index (χ1v) is 13.5. The number of rotatable bonds is 9. The van der Waals surface area contributed by atoms with Gasteiger partial charge in [0, 0.05) is 19.0 Å². The fourth-order valence-electron chi connectivity index (χ4n) is 4.33. The summed E-state index contributed by atoms with van der Waals surface area (Å²) < 4.78 is 28.4. The SMILES string of the molecule is CC(=O)ON(Cc1cccc(OCc2nc(-c3ccccc3)oc2C)c1)S(=O)N1CCCc2ccccc21. The van der Waals surface area contributed by atoms with Crippen molar-refractivity contribution in [1.82, 2.24) is 9.45 Å². The third kappa shape index (κ3) is 5.95. The molecule has 38 heavy (non-hydrogen) atoms. The maximum atomic E-state index is 13.6. The number of hydrogen-bond donors (Lipinski definition) is 0. The second kappa shape index (κ2) is 11.6. The summed E-state index contributed by atoms with van der Waals surface area (Å²) >= 11 is -1.72. The highest BCUT2D eigenvalue weighted by atomic mass is 32.2. The molecule has 1 aliphatic heterocycles. The van der Waals surface area contributed by atoms with E-state index >= 15 is 0 Å². The van der Waals surface area contributed by atoms with E-state index in [0.717, 1.165) is 35.2 Å². The lowest BCUT2D eigenvalue weighted by Gasteiger charge is -2.32. The quantitative estimate of drug-likeness (QED) is 0.264. The van der Waals surface area contributed by atoms with Gasteiger partial charge in [0.2, 0.25) is 17.1 Å². The Bertz CT molecular complexity index is 1440. The molecule has 0 bridgehead atoms. The van der Waals surface area contributed by atoms with Gasteiger partial charge in [0.15, 0.2) is 0 Å². The zero-order chi connectivity index (χ0) is 26.5. The molecule has 0 saturated carbocycles. The molecule has 5 rings (SSSR count). The Morgan fingerprint density at radius 3 is 2.68 bits per heavy atom. The van der Waals surface area contributed by atoms with Crippen LogP contribution < -0.4 is 9.04 Å². The average Bonchev–Trinajstić information content (AvgIpc) is 3.31. The number of hydroxylamine groups is 1. The van der Waals surface area contributed by atoms with Crippen LogP contribution in [0.1, 0.15) is 35.9 Å². The van der Waals surface area contributed by atoms with Crippen molar-refractivity contribution in [2.45, 2.75) is 39.8 Å². The predicted octanol–water partition coefficient (Wildman–Crippen LogP) is 5.54. The van der Waals surface area contributed by atoms with Crippen molar-refractivity contribution in [3.8, 4) is 17.2 Å². The van der Waals surface area contributed by atoms with Crippen LogP contribution in [-0.2, 0) is 40.4 Å². The third-order valence-electron chi connectivity index (χ3n) is 6.16. The molecule has 1 aliphatic rings. The zero-order valence-electron chi connectivity index (χ0n) is 21.3. The standard InChI is InChI=1S/C29H29N3O5S/c1-21-27(30-29(36-21)25-12-4-3-5-13-25)20-35-26-15-8-10-23(18-26)19-32(37-22(2)33)38(34)31-17-9-14-24-11-6-7-16-28(24)31/h3-8,10-13,15-16,18H,9,14,17,19-20H2,1-2H3. The highest BCUT2D eigenvalue weighted by Gasteiger charge is 2.28. The molecular weight excluding hydrogens is 502 g/mol. The molecule has 8 nitrogen and oxygen atoms in total. The summed E-state index contributed by atoms with van der Waals surface area (Å²) in [5.41, 5.74) is 4.41. The van der Waals surface area contributed by atoms with Crippen molar-refractivity contribution < 1.29 is 23.0 Å². The average molecular weight is 532 g/mol. The Morgan fingerprint density at radius 1 is 1.08 bits per heavy atom. The molecule has 0 N–H and O–H groups in total. The summed E-state index contributed by atoms with van der Waals surface area (Å²) in [5, 5.41) is 0. The van der Waals surface area contributed by atoms with Crippen molar-refractivity contribution in [2.75, 3.05) is 10.8 Å². The number of nitrogens with zero attached hydrogens (tertiary/aromatic N) is 3. The van der Waals surface area contributed by atoms with E-state index in [9.17, 15) is 9.00 Å². The van der Waals surface area contributed by atoms with Crippen LogP contribution in [-0.4, -0.2) is 26.2 Å². The topological polar surface area (TPSA) is 85.1 Å². The van der Waals surface area contributed by atoms with E-state index in [2.05, 4.69) is 4.98 Å². The predicted molar refractivity (Wildman–Crippen MR) is 145 cm³/mol. The highest BCUT2D eigenvalue weighted by molar-refractivity contribution is 7.84. The van der Waals surface area contributed by atoms with Crippen LogP contribution in [0.3, 0.4) is 0 Å². The number of benzene rings is 3. The number of aromatic nitrogens is 1. The van der Waals surface area contributed by atoms with Gasteiger partial charge in [-0.1, -0.05) is 48.5 Å². The molecule has 3 aromatic carbocycles. The van der Waals surface area contributed by atoms with Gasteiger partial charge in [-0.2, -0.15) is 0 Å². The van der Waals surface area contributed by atoms with E-state index < -0.39 is 17.1 Å². The van der Waals surface area contributed by atoms with Gasteiger partial charge in [-0.25, -0.2) is 9.19 Å². The normalized spacial score (nSPS) is 13.7. The van der Waals surface area contributed by atoms with Gasteiger partial charge >= 0.3 is 5.97 Å². The first kappa shape index (κ1) is 25.7. The van der Waals surface area contributed by atoms with Crippen LogP contribution in [0, 0.1) is 6.92 Å². The molecule has 1 atom stereocenters. The molecular formula is C29H29N3O5S. The minimum atomic E-state index is -1.72. The second-order valence-electron chi connectivity index (χ2n) is 8.96. The zero-order valence-corrected chi connectivity index (χ0v) is 22.1. The lowest BCUT2D eigenvalue weighted by Crippen LogP contribution is -2.41. The number of carbonyl (C=O) groups excluding carboxylic acids is 1. The third-order valence-corrected chi connectivity index (χ3v) is 7.47. The van der Waals surface area contributed by atoms with Gasteiger partial charge in [-0.3, -0.25) is 9.10 Å². The molecule has 196 valence electrons. The van der Waals surface area contributed by atoms with Gasteiger partial charge < -0.3 is 14.0 Å². The number of aryl methyl sites for hydroxylation is 2. The van der Waals surface area contributed by atoms with Crippen LogP contribution in [0.15, 0.2) is 83.3 Å². The molecule has 9 heteroatoms. The lowest BCUT2D eigenvalue weighted by atomic mass is 10.0. The molecule has 0 spiro atoms. The maximum absolute atomic E-state index is 13.6. The summed E-state index contributed by atoms with van der Waals surface area (Å²) in [7, 11) is 0. The highest BCUT2D eigenvalue weighted by Crippen LogP contribution is 2.30. The Hall–Kier alpha value is -3.95. The van der Waals surface area contributed by atoms with Gasteiger partial charge in [-0.15, -0.1) is 0 Å². The molecule has 0 amide bonds. The van der Waals surface area contributed by atoms with E-state index in [4.69, 9.17) is 14.0 Å². The Balaban J connectivity index is 1.29. The molecule has 0 saturated heterocycles. The van der Waals surface area contributed by atoms with Crippen molar-refractivity contribution in [2.24, 2.45) is 0 Å². The van der Waals surface area contributed by atoms with Gasteiger partial charge in [0.25, 0.3) is 0 Å². The molecule has 1 unspecified atom stereocenters. The van der Waals surface area contributed by atoms with Crippen LogP contribution >= 0.6 is 0 Å². The first-order valence-electron chi connectivity index (χ1n) is 12.4. The number of hydrogen-bond acceptors (Lipinski definition) is 6.